The molecule has 1 aromatic carbocycles. The SMILES string of the molecule is NC(=O)CN(Cc1cccc2c1OCCCO2)C[C@@H]1CCCO1. The predicted molar refractivity (Wildman–Crippen MR) is 85.5 cm³/mol. The van der Waals surface area contributed by atoms with E-state index in [1.165, 1.54) is 0 Å². The summed E-state index contributed by atoms with van der Waals surface area (Å²) in [6.07, 6.45) is 3.15. The van der Waals surface area contributed by atoms with E-state index in [9.17, 15) is 4.79 Å². The van der Waals surface area contributed by atoms with Crippen LogP contribution in [0.25, 0.3) is 0 Å². The Balaban J connectivity index is 1.74. The number of ether oxygens (including phenoxy) is 3. The molecule has 0 bridgehead atoms. The number of fused-ring (bicyclic) bond motifs is 1. The maximum Gasteiger partial charge on any atom is 0.231 e. The van der Waals surface area contributed by atoms with Gasteiger partial charge in [0.15, 0.2) is 11.5 Å². The minimum atomic E-state index is -0.331. The lowest BCUT2D eigenvalue weighted by Gasteiger charge is -2.25. The van der Waals surface area contributed by atoms with Crippen molar-refractivity contribution in [3.63, 3.8) is 0 Å². The minimum Gasteiger partial charge on any atom is -0.490 e. The average Bonchev–Trinajstić information content (AvgIpc) is 2.89. The van der Waals surface area contributed by atoms with Gasteiger partial charge in [-0.1, -0.05) is 12.1 Å². The van der Waals surface area contributed by atoms with Crippen LogP contribution in [0.5, 0.6) is 11.5 Å². The number of benzene rings is 1. The molecule has 2 aliphatic heterocycles. The molecule has 3 rings (SSSR count). The summed E-state index contributed by atoms with van der Waals surface area (Å²) in [5.41, 5.74) is 6.42. The van der Waals surface area contributed by atoms with Gasteiger partial charge >= 0.3 is 0 Å². The largest absolute Gasteiger partial charge is 0.490 e. The van der Waals surface area contributed by atoms with Crippen molar-refractivity contribution < 1.29 is 19.0 Å². The molecule has 1 amide bonds. The molecule has 6 nitrogen and oxygen atoms in total. The van der Waals surface area contributed by atoms with Crippen LogP contribution in [0.1, 0.15) is 24.8 Å². The summed E-state index contributed by atoms with van der Waals surface area (Å²) in [6.45, 7) is 3.61. The molecular formula is C17H24N2O4. The average molecular weight is 320 g/mol. The molecule has 23 heavy (non-hydrogen) atoms. The summed E-state index contributed by atoms with van der Waals surface area (Å²) in [4.78, 5) is 13.4. The highest BCUT2D eigenvalue weighted by atomic mass is 16.5. The Morgan fingerprint density at radius 2 is 2.09 bits per heavy atom. The fourth-order valence-electron chi connectivity index (χ4n) is 3.10. The van der Waals surface area contributed by atoms with E-state index in [0.717, 1.165) is 42.9 Å². The van der Waals surface area contributed by atoms with Crippen molar-refractivity contribution in [2.45, 2.75) is 31.9 Å². The lowest BCUT2D eigenvalue weighted by atomic mass is 10.1. The van der Waals surface area contributed by atoms with E-state index in [1.54, 1.807) is 0 Å². The Morgan fingerprint density at radius 1 is 1.22 bits per heavy atom. The van der Waals surface area contributed by atoms with Crippen LogP contribution in [0.15, 0.2) is 18.2 Å². The van der Waals surface area contributed by atoms with Gasteiger partial charge in [-0.3, -0.25) is 9.69 Å². The Kier molecular flexibility index (Phi) is 5.35. The van der Waals surface area contributed by atoms with Gasteiger partial charge in [-0.15, -0.1) is 0 Å². The van der Waals surface area contributed by atoms with Crippen molar-refractivity contribution in [3.05, 3.63) is 23.8 Å². The molecule has 0 aliphatic carbocycles. The molecule has 1 atom stereocenters. The van der Waals surface area contributed by atoms with Gasteiger partial charge in [0.25, 0.3) is 0 Å². The molecule has 0 saturated carbocycles. The first-order chi connectivity index (χ1) is 11.2. The summed E-state index contributed by atoms with van der Waals surface area (Å²) >= 11 is 0. The van der Waals surface area contributed by atoms with Crippen LogP contribution in [-0.2, 0) is 16.1 Å². The van der Waals surface area contributed by atoms with Crippen molar-refractivity contribution in [1.82, 2.24) is 4.90 Å². The number of primary amides is 1. The molecule has 0 aromatic heterocycles. The van der Waals surface area contributed by atoms with Gasteiger partial charge in [0, 0.05) is 31.7 Å². The van der Waals surface area contributed by atoms with E-state index < -0.39 is 0 Å². The van der Waals surface area contributed by atoms with Crippen molar-refractivity contribution in [2.75, 3.05) is 32.9 Å². The van der Waals surface area contributed by atoms with Gasteiger partial charge in [-0.05, 0) is 18.9 Å². The number of carbonyl (C=O) groups is 1. The molecule has 126 valence electrons. The first-order valence-corrected chi connectivity index (χ1v) is 8.22. The summed E-state index contributed by atoms with van der Waals surface area (Å²) < 4.78 is 17.3. The Hall–Kier alpha value is -1.79. The number of nitrogens with two attached hydrogens (primary N) is 1. The van der Waals surface area contributed by atoms with Crippen LogP contribution in [0.3, 0.4) is 0 Å². The minimum absolute atomic E-state index is 0.175. The summed E-state index contributed by atoms with van der Waals surface area (Å²) in [6, 6.07) is 5.89. The number of rotatable bonds is 6. The normalized spacial score (nSPS) is 20.5. The number of hydrogen-bond acceptors (Lipinski definition) is 5. The van der Waals surface area contributed by atoms with Gasteiger partial charge in [0.1, 0.15) is 0 Å². The maximum absolute atomic E-state index is 11.4. The van der Waals surface area contributed by atoms with E-state index in [2.05, 4.69) is 0 Å². The van der Waals surface area contributed by atoms with E-state index in [4.69, 9.17) is 19.9 Å². The third-order valence-corrected chi connectivity index (χ3v) is 4.11. The topological polar surface area (TPSA) is 74.0 Å². The summed E-state index contributed by atoms with van der Waals surface area (Å²) in [7, 11) is 0. The highest BCUT2D eigenvalue weighted by Gasteiger charge is 2.22. The first-order valence-electron chi connectivity index (χ1n) is 8.22. The molecule has 2 N–H and O–H groups in total. The van der Waals surface area contributed by atoms with Crippen molar-refractivity contribution in [3.8, 4) is 11.5 Å². The molecule has 1 fully saturated rings. The maximum atomic E-state index is 11.4. The van der Waals surface area contributed by atoms with Gasteiger partial charge in [0.05, 0.1) is 25.9 Å². The molecule has 1 aromatic rings. The Bertz CT molecular complexity index is 543. The highest BCUT2D eigenvalue weighted by Crippen LogP contribution is 2.34. The number of nitrogens with zero attached hydrogens (tertiary/aromatic N) is 1. The number of hydrogen-bond donors (Lipinski definition) is 1. The van der Waals surface area contributed by atoms with Gasteiger partial charge in [-0.25, -0.2) is 0 Å². The Morgan fingerprint density at radius 3 is 2.87 bits per heavy atom. The molecule has 0 radical (unpaired) electrons. The van der Waals surface area contributed by atoms with Crippen LogP contribution in [0.4, 0.5) is 0 Å². The fourth-order valence-corrected chi connectivity index (χ4v) is 3.10. The second-order valence-corrected chi connectivity index (χ2v) is 6.07. The zero-order chi connectivity index (χ0) is 16.1. The quantitative estimate of drug-likeness (QED) is 0.855. The second-order valence-electron chi connectivity index (χ2n) is 6.07. The third kappa shape index (κ3) is 4.36. The van der Waals surface area contributed by atoms with Gasteiger partial charge in [-0.2, -0.15) is 0 Å². The van der Waals surface area contributed by atoms with Crippen LogP contribution in [-0.4, -0.2) is 49.8 Å². The van der Waals surface area contributed by atoms with Gasteiger partial charge in [0.2, 0.25) is 5.91 Å². The zero-order valence-corrected chi connectivity index (χ0v) is 13.3. The van der Waals surface area contributed by atoms with Crippen LogP contribution < -0.4 is 15.2 Å². The number of amides is 1. The summed E-state index contributed by atoms with van der Waals surface area (Å²) in [5.74, 6) is 1.23. The molecule has 6 heteroatoms. The second kappa shape index (κ2) is 7.66. The van der Waals surface area contributed by atoms with Crippen LogP contribution in [0.2, 0.25) is 0 Å². The molecular weight excluding hydrogens is 296 g/mol. The third-order valence-electron chi connectivity index (χ3n) is 4.11. The standard InChI is InChI=1S/C17H24N2O4/c18-16(20)12-19(11-14-5-2-7-21-14)10-13-4-1-6-15-17(13)23-9-3-8-22-15/h1,4,6,14H,2-3,5,7-12H2,(H2,18,20)/t14-/m0/s1. The first kappa shape index (κ1) is 16.1. The van der Waals surface area contributed by atoms with E-state index >= 15 is 0 Å². The lowest BCUT2D eigenvalue weighted by molar-refractivity contribution is -0.119. The number of para-hydroxylation sites is 1. The van der Waals surface area contributed by atoms with E-state index in [0.29, 0.717) is 26.3 Å². The summed E-state index contributed by atoms with van der Waals surface area (Å²) in [5, 5.41) is 0. The highest BCUT2D eigenvalue weighted by molar-refractivity contribution is 5.75. The molecule has 2 aliphatic rings. The fraction of sp³-hybridized carbons (Fsp3) is 0.588. The van der Waals surface area contributed by atoms with E-state index in [-0.39, 0.29) is 18.6 Å². The zero-order valence-electron chi connectivity index (χ0n) is 13.3. The number of carbonyl (C=O) groups excluding carboxylic acids is 1. The Labute approximate surface area is 136 Å². The van der Waals surface area contributed by atoms with Crippen molar-refractivity contribution in [2.24, 2.45) is 5.73 Å². The van der Waals surface area contributed by atoms with Crippen LogP contribution >= 0.6 is 0 Å². The van der Waals surface area contributed by atoms with E-state index in [1.807, 2.05) is 23.1 Å². The van der Waals surface area contributed by atoms with Crippen LogP contribution in [0, 0.1) is 0 Å². The molecule has 0 spiro atoms. The molecule has 1 saturated heterocycles. The predicted octanol–water partition coefficient (Wildman–Crippen LogP) is 1.31. The van der Waals surface area contributed by atoms with Crippen molar-refractivity contribution >= 4 is 5.91 Å². The molecule has 2 heterocycles. The molecule has 0 unspecified atom stereocenters. The smallest absolute Gasteiger partial charge is 0.231 e. The lowest BCUT2D eigenvalue weighted by Crippen LogP contribution is -2.38. The van der Waals surface area contributed by atoms with Gasteiger partial charge < -0.3 is 19.9 Å². The monoisotopic (exact) mass is 320 g/mol. The van der Waals surface area contributed by atoms with Crippen molar-refractivity contribution in [1.29, 1.82) is 0 Å².